The van der Waals surface area contributed by atoms with Crippen LogP contribution in [0.4, 0.5) is 0 Å². The monoisotopic (exact) mass is 522 g/mol. The quantitative estimate of drug-likeness (QED) is 0.312. The van der Waals surface area contributed by atoms with E-state index in [4.69, 9.17) is 0 Å². The van der Waals surface area contributed by atoms with Gasteiger partial charge >= 0.3 is 0 Å². The number of benzene rings is 1. The molecule has 1 saturated heterocycles. The standard InChI is InChI=1S/C20H34N4O2S.HI/c1-4-18-7-5-6-15-24(18)16-14-23-20(21-2)22-13-12-17-8-10-19(11-9-17)27(3,25)26;/h8-11,18H,4-7,12-16H2,1-3H3,(H2,21,22,23);1H. The first-order chi connectivity index (χ1) is 12.9. The van der Waals surface area contributed by atoms with E-state index < -0.39 is 9.84 Å². The van der Waals surface area contributed by atoms with E-state index in [1.54, 1.807) is 19.2 Å². The molecule has 0 spiro atoms. The molecule has 1 atom stereocenters. The Hall–Kier alpha value is -0.870. The van der Waals surface area contributed by atoms with Gasteiger partial charge in [0.1, 0.15) is 0 Å². The Kier molecular flexibility index (Phi) is 11.4. The maximum Gasteiger partial charge on any atom is 0.191 e. The minimum Gasteiger partial charge on any atom is -0.356 e. The van der Waals surface area contributed by atoms with Crippen molar-refractivity contribution in [2.75, 3.05) is 39.5 Å². The second-order valence-corrected chi connectivity index (χ2v) is 9.20. The molecule has 1 aliphatic rings. The third kappa shape index (κ3) is 8.24. The highest BCUT2D eigenvalue weighted by Gasteiger charge is 2.19. The van der Waals surface area contributed by atoms with Crippen molar-refractivity contribution in [3.8, 4) is 0 Å². The molecule has 1 unspecified atom stereocenters. The van der Waals surface area contributed by atoms with Gasteiger partial charge in [-0.05, 0) is 49.9 Å². The lowest BCUT2D eigenvalue weighted by atomic mass is 10.0. The van der Waals surface area contributed by atoms with Crippen LogP contribution in [0.1, 0.15) is 38.2 Å². The highest BCUT2D eigenvalue weighted by Crippen LogP contribution is 2.18. The number of sulfone groups is 1. The molecule has 0 saturated carbocycles. The largest absolute Gasteiger partial charge is 0.356 e. The Morgan fingerprint density at radius 1 is 1.18 bits per heavy atom. The van der Waals surface area contributed by atoms with E-state index in [1.807, 2.05) is 12.1 Å². The van der Waals surface area contributed by atoms with E-state index in [2.05, 4.69) is 27.4 Å². The van der Waals surface area contributed by atoms with Gasteiger partial charge < -0.3 is 10.6 Å². The maximum atomic E-state index is 11.5. The zero-order valence-electron chi connectivity index (χ0n) is 17.3. The van der Waals surface area contributed by atoms with E-state index in [1.165, 1.54) is 38.5 Å². The Morgan fingerprint density at radius 3 is 2.46 bits per heavy atom. The minimum atomic E-state index is -3.13. The fourth-order valence-corrected chi connectivity index (χ4v) is 4.21. The van der Waals surface area contributed by atoms with E-state index in [0.29, 0.717) is 4.90 Å². The SMILES string of the molecule is CCC1CCCCN1CCNC(=NC)NCCc1ccc(S(C)(=O)=O)cc1.I. The molecule has 0 aliphatic carbocycles. The van der Waals surface area contributed by atoms with E-state index >= 15 is 0 Å². The van der Waals surface area contributed by atoms with Crippen LogP contribution in [0.25, 0.3) is 0 Å². The van der Waals surface area contributed by atoms with Crippen LogP contribution in [0.3, 0.4) is 0 Å². The molecule has 0 radical (unpaired) electrons. The van der Waals surface area contributed by atoms with Crippen LogP contribution < -0.4 is 10.6 Å². The summed E-state index contributed by atoms with van der Waals surface area (Å²) in [5.74, 6) is 0.813. The molecular weight excluding hydrogens is 487 g/mol. The van der Waals surface area contributed by atoms with Gasteiger partial charge in [0.05, 0.1) is 4.90 Å². The van der Waals surface area contributed by atoms with Crippen LogP contribution in [0, 0.1) is 0 Å². The van der Waals surface area contributed by atoms with Crippen molar-refractivity contribution in [1.29, 1.82) is 0 Å². The summed E-state index contributed by atoms with van der Waals surface area (Å²) >= 11 is 0. The number of aliphatic imine (C=N–C) groups is 1. The summed E-state index contributed by atoms with van der Waals surface area (Å²) in [6.07, 6.45) is 7.26. The van der Waals surface area contributed by atoms with Gasteiger partial charge in [0.2, 0.25) is 0 Å². The predicted molar refractivity (Wildman–Crippen MR) is 128 cm³/mol. The number of guanidine groups is 1. The van der Waals surface area contributed by atoms with Gasteiger partial charge in [-0.1, -0.05) is 25.5 Å². The highest BCUT2D eigenvalue weighted by molar-refractivity contribution is 14.0. The van der Waals surface area contributed by atoms with Crippen LogP contribution in [0.15, 0.2) is 34.2 Å². The van der Waals surface area contributed by atoms with Gasteiger partial charge in [0.25, 0.3) is 0 Å². The van der Waals surface area contributed by atoms with Crippen LogP contribution in [0.2, 0.25) is 0 Å². The average Bonchev–Trinajstić information content (AvgIpc) is 2.66. The summed E-state index contributed by atoms with van der Waals surface area (Å²) in [6.45, 7) is 6.17. The topological polar surface area (TPSA) is 73.8 Å². The third-order valence-electron chi connectivity index (χ3n) is 5.19. The molecule has 0 aromatic heterocycles. The van der Waals surface area contributed by atoms with Crippen LogP contribution in [-0.4, -0.2) is 64.8 Å². The second-order valence-electron chi connectivity index (χ2n) is 7.19. The number of rotatable bonds is 8. The molecule has 0 amide bonds. The van der Waals surface area contributed by atoms with Crippen LogP contribution in [0.5, 0.6) is 0 Å². The number of hydrogen-bond donors (Lipinski definition) is 2. The van der Waals surface area contributed by atoms with Crippen molar-refractivity contribution < 1.29 is 8.42 Å². The lowest BCUT2D eigenvalue weighted by Gasteiger charge is -2.35. The molecule has 2 N–H and O–H groups in total. The summed E-state index contributed by atoms with van der Waals surface area (Å²) in [6, 6.07) is 7.80. The number of nitrogens with zero attached hydrogens (tertiary/aromatic N) is 2. The lowest BCUT2D eigenvalue weighted by Crippen LogP contribution is -2.46. The fraction of sp³-hybridized carbons (Fsp3) is 0.650. The van der Waals surface area contributed by atoms with Gasteiger partial charge in [-0.25, -0.2) is 8.42 Å². The minimum absolute atomic E-state index is 0. The third-order valence-corrected chi connectivity index (χ3v) is 6.32. The fourth-order valence-electron chi connectivity index (χ4n) is 3.58. The van der Waals surface area contributed by atoms with Gasteiger partial charge in [0, 0.05) is 39.0 Å². The molecule has 0 bridgehead atoms. The van der Waals surface area contributed by atoms with Gasteiger partial charge in [-0.3, -0.25) is 9.89 Å². The molecule has 160 valence electrons. The molecular formula is C20H35IN4O2S. The summed E-state index contributed by atoms with van der Waals surface area (Å²) in [4.78, 5) is 7.24. The van der Waals surface area contributed by atoms with Gasteiger partial charge in [-0.2, -0.15) is 0 Å². The first-order valence-electron chi connectivity index (χ1n) is 9.91. The maximum absolute atomic E-state index is 11.5. The average molecular weight is 522 g/mol. The van der Waals surface area contributed by atoms with E-state index in [-0.39, 0.29) is 24.0 Å². The van der Waals surface area contributed by atoms with Crippen LogP contribution >= 0.6 is 24.0 Å². The Balaban J connectivity index is 0.00000392. The number of likely N-dealkylation sites (tertiary alicyclic amines) is 1. The van der Waals surface area contributed by atoms with Crippen molar-refractivity contribution in [3.05, 3.63) is 29.8 Å². The zero-order valence-corrected chi connectivity index (χ0v) is 20.4. The summed E-state index contributed by atoms with van der Waals surface area (Å²) in [7, 11) is -1.35. The van der Waals surface area contributed by atoms with Crippen molar-refractivity contribution in [1.82, 2.24) is 15.5 Å². The normalized spacial score (nSPS) is 18.4. The Morgan fingerprint density at radius 2 is 1.86 bits per heavy atom. The lowest BCUT2D eigenvalue weighted by molar-refractivity contribution is 0.147. The Bertz CT molecular complexity index is 707. The van der Waals surface area contributed by atoms with Gasteiger partial charge in [0.15, 0.2) is 15.8 Å². The molecule has 28 heavy (non-hydrogen) atoms. The van der Waals surface area contributed by atoms with Gasteiger partial charge in [-0.15, -0.1) is 24.0 Å². The van der Waals surface area contributed by atoms with E-state index in [9.17, 15) is 8.42 Å². The number of nitrogens with one attached hydrogen (secondary N) is 2. The van der Waals surface area contributed by atoms with E-state index in [0.717, 1.165) is 43.6 Å². The van der Waals surface area contributed by atoms with Crippen molar-refractivity contribution >= 4 is 39.8 Å². The second kappa shape index (κ2) is 12.6. The molecule has 6 nitrogen and oxygen atoms in total. The summed E-state index contributed by atoms with van der Waals surface area (Å²) < 4.78 is 23.0. The van der Waals surface area contributed by atoms with Crippen molar-refractivity contribution in [2.45, 2.75) is 50.0 Å². The predicted octanol–water partition coefficient (Wildman–Crippen LogP) is 2.68. The smallest absolute Gasteiger partial charge is 0.191 e. The molecule has 1 aromatic carbocycles. The Labute approximate surface area is 187 Å². The van der Waals surface area contributed by atoms with Crippen molar-refractivity contribution in [3.63, 3.8) is 0 Å². The first-order valence-corrected chi connectivity index (χ1v) is 11.8. The number of piperidine rings is 1. The molecule has 8 heteroatoms. The molecule has 1 aromatic rings. The number of halogens is 1. The molecule has 2 rings (SSSR count). The molecule has 1 fully saturated rings. The molecule has 1 aliphatic heterocycles. The van der Waals surface area contributed by atoms with Crippen molar-refractivity contribution in [2.24, 2.45) is 4.99 Å². The number of hydrogen-bond acceptors (Lipinski definition) is 4. The summed E-state index contributed by atoms with van der Waals surface area (Å²) in [5.41, 5.74) is 1.10. The zero-order chi connectivity index (χ0) is 19.7. The van der Waals surface area contributed by atoms with Crippen LogP contribution in [-0.2, 0) is 16.3 Å². The molecule has 1 heterocycles. The first kappa shape index (κ1) is 25.2. The highest BCUT2D eigenvalue weighted by atomic mass is 127. The summed E-state index contributed by atoms with van der Waals surface area (Å²) in [5, 5.41) is 6.72.